The predicted octanol–water partition coefficient (Wildman–Crippen LogP) is 4.60. The lowest BCUT2D eigenvalue weighted by Gasteiger charge is -2.12. The Hall–Kier alpha value is -1.87. The maximum atomic E-state index is 11.9. The van der Waals surface area contributed by atoms with Gasteiger partial charge in [-0.1, -0.05) is 58.4 Å². The first-order valence-corrected chi connectivity index (χ1v) is 8.21. The number of aryl methyl sites for hydroxylation is 1. The normalized spacial score (nSPS) is 12.3. The van der Waals surface area contributed by atoms with Gasteiger partial charge in [0.2, 0.25) is 5.91 Å². The van der Waals surface area contributed by atoms with Gasteiger partial charge in [0, 0.05) is 16.6 Å². The van der Waals surface area contributed by atoms with Crippen LogP contribution in [-0.2, 0) is 11.2 Å². The SMILES string of the molecule is C[C@H](CCc1ccccc1)NC(=O)/C=C\c1ccc(Br)cc1. The van der Waals surface area contributed by atoms with E-state index in [1.165, 1.54) is 5.56 Å². The Morgan fingerprint density at radius 3 is 2.50 bits per heavy atom. The van der Waals surface area contributed by atoms with Gasteiger partial charge < -0.3 is 5.32 Å². The number of hydrogen-bond acceptors (Lipinski definition) is 1. The lowest BCUT2D eigenvalue weighted by Crippen LogP contribution is -2.31. The summed E-state index contributed by atoms with van der Waals surface area (Å²) in [6, 6.07) is 18.3. The molecule has 2 aromatic rings. The number of halogens is 1. The molecule has 0 radical (unpaired) electrons. The van der Waals surface area contributed by atoms with Crippen molar-refractivity contribution in [2.75, 3.05) is 0 Å². The number of benzene rings is 2. The summed E-state index contributed by atoms with van der Waals surface area (Å²) in [6.07, 6.45) is 5.31. The molecule has 2 nitrogen and oxygen atoms in total. The largest absolute Gasteiger partial charge is 0.350 e. The topological polar surface area (TPSA) is 29.1 Å². The number of rotatable bonds is 6. The van der Waals surface area contributed by atoms with Crippen LogP contribution in [0.1, 0.15) is 24.5 Å². The van der Waals surface area contributed by atoms with Gasteiger partial charge in [-0.05, 0) is 49.1 Å². The third-order valence-electron chi connectivity index (χ3n) is 3.39. The number of carbonyl (C=O) groups excluding carboxylic acids is 1. The minimum absolute atomic E-state index is 0.0523. The van der Waals surface area contributed by atoms with Crippen LogP contribution in [-0.4, -0.2) is 11.9 Å². The molecule has 0 aliphatic rings. The molecule has 0 bridgehead atoms. The fourth-order valence-electron chi connectivity index (χ4n) is 2.14. The molecule has 22 heavy (non-hydrogen) atoms. The summed E-state index contributed by atoms with van der Waals surface area (Å²) in [7, 11) is 0. The minimum Gasteiger partial charge on any atom is -0.350 e. The standard InChI is InChI=1S/C19H20BrNO/c1-15(7-8-16-5-3-2-4-6-16)21-19(22)14-11-17-9-12-18(20)13-10-17/h2-6,9-15H,7-8H2,1H3,(H,21,22)/b14-11-/t15-/m1/s1. The summed E-state index contributed by atoms with van der Waals surface area (Å²) in [6.45, 7) is 2.04. The Labute approximate surface area is 140 Å². The second kappa shape index (κ2) is 8.54. The minimum atomic E-state index is -0.0523. The van der Waals surface area contributed by atoms with Gasteiger partial charge in [0.15, 0.2) is 0 Å². The van der Waals surface area contributed by atoms with E-state index >= 15 is 0 Å². The average Bonchev–Trinajstić information content (AvgIpc) is 2.53. The van der Waals surface area contributed by atoms with E-state index < -0.39 is 0 Å². The predicted molar refractivity (Wildman–Crippen MR) is 95.5 cm³/mol. The van der Waals surface area contributed by atoms with Gasteiger partial charge in [0.05, 0.1) is 0 Å². The second-order valence-corrected chi connectivity index (χ2v) is 6.23. The van der Waals surface area contributed by atoms with E-state index in [2.05, 4.69) is 33.4 Å². The summed E-state index contributed by atoms with van der Waals surface area (Å²) in [4.78, 5) is 11.9. The summed E-state index contributed by atoms with van der Waals surface area (Å²) >= 11 is 3.39. The van der Waals surface area contributed by atoms with Crippen molar-refractivity contribution >= 4 is 27.9 Å². The second-order valence-electron chi connectivity index (χ2n) is 5.32. The first-order valence-electron chi connectivity index (χ1n) is 7.41. The lowest BCUT2D eigenvalue weighted by atomic mass is 10.1. The lowest BCUT2D eigenvalue weighted by molar-refractivity contribution is -0.117. The molecule has 0 saturated carbocycles. The van der Waals surface area contributed by atoms with Crippen LogP contribution in [0.5, 0.6) is 0 Å². The average molecular weight is 358 g/mol. The van der Waals surface area contributed by atoms with Crippen molar-refractivity contribution in [3.05, 3.63) is 76.3 Å². The molecular formula is C19H20BrNO. The highest BCUT2D eigenvalue weighted by Gasteiger charge is 2.05. The first-order chi connectivity index (χ1) is 10.6. The molecular weight excluding hydrogens is 338 g/mol. The van der Waals surface area contributed by atoms with Gasteiger partial charge in [-0.25, -0.2) is 0 Å². The summed E-state index contributed by atoms with van der Waals surface area (Å²) < 4.78 is 1.03. The van der Waals surface area contributed by atoms with Crippen molar-refractivity contribution in [1.29, 1.82) is 0 Å². The Morgan fingerprint density at radius 2 is 1.82 bits per heavy atom. The van der Waals surface area contributed by atoms with Gasteiger partial charge in [-0.15, -0.1) is 0 Å². The zero-order valence-electron chi connectivity index (χ0n) is 12.6. The van der Waals surface area contributed by atoms with Crippen LogP contribution in [0.4, 0.5) is 0 Å². The van der Waals surface area contributed by atoms with Crippen molar-refractivity contribution in [2.45, 2.75) is 25.8 Å². The molecule has 2 aromatic carbocycles. The van der Waals surface area contributed by atoms with E-state index in [-0.39, 0.29) is 11.9 Å². The molecule has 0 saturated heterocycles. The van der Waals surface area contributed by atoms with Crippen molar-refractivity contribution in [1.82, 2.24) is 5.32 Å². The smallest absolute Gasteiger partial charge is 0.244 e. The molecule has 0 aliphatic carbocycles. The van der Waals surface area contributed by atoms with E-state index in [1.807, 2.05) is 55.5 Å². The molecule has 0 fully saturated rings. The molecule has 3 heteroatoms. The van der Waals surface area contributed by atoms with E-state index in [1.54, 1.807) is 6.08 Å². The van der Waals surface area contributed by atoms with Crippen molar-refractivity contribution < 1.29 is 4.79 Å². The Morgan fingerprint density at radius 1 is 1.14 bits per heavy atom. The van der Waals surface area contributed by atoms with Crippen LogP contribution in [0, 0.1) is 0 Å². The highest BCUT2D eigenvalue weighted by atomic mass is 79.9. The van der Waals surface area contributed by atoms with Crippen molar-refractivity contribution in [3.8, 4) is 0 Å². The molecule has 2 rings (SSSR count). The van der Waals surface area contributed by atoms with Crippen molar-refractivity contribution in [2.24, 2.45) is 0 Å². The Bertz CT molecular complexity index is 620. The highest BCUT2D eigenvalue weighted by molar-refractivity contribution is 9.10. The fourth-order valence-corrected chi connectivity index (χ4v) is 2.40. The molecule has 114 valence electrons. The highest BCUT2D eigenvalue weighted by Crippen LogP contribution is 2.11. The molecule has 0 aromatic heterocycles. The summed E-state index contributed by atoms with van der Waals surface area (Å²) in [5, 5.41) is 3.00. The van der Waals surface area contributed by atoms with E-state index in [4.69, 9.17) is 0 Å². The van der Waals surface area contributed by atoms with Gasteiger partial charge in [0.1, 0.15) is 0 Å². The van der Waals surface area contributed by atoms with Crippen LogP contribution in [0.2, 0.25) is 0 Å². The Kier molecular flexibility index (Phi) is 6.41. The third kappa shape index (κ3) is 5.86. The molecule has 1 atom stereocenters. The summed E-state index contributed by atoms with van der Waals surface area (Å²) in [5.74, 6) is -0.0523. The fraction of sp³-hybridized carbons (Fsp3) is 0.211. The molecule has 0 aliphatic heterocycles. The zero-order valence-corrected chi connectivity index (χ0v) is 14.2. The van der Waals surface area contributed by atoms with Crippen LogP contribution in [0.15, 0.2) is 65.1 Å². The van der Waals surface area contributed by atoms with Gasteiger partial charge in [0.25, 0.3) is 0 Å². The summed E-state index contributed by atoms with van der Waals surface area (Å²) in [5.41, 5.74) is 2.31. The number of nitrogens with one attached hydrogen (secondary N) is 1. The molecule has 0 unspecified atom stereocenters. The number of carbonyl (C=O) groups is 1. The first kappa shape index (κ1) is 16.5. The van der Waals surface area contributed by atoms with Gasteiger partial charge >= 0.3 is 0 Å². The zero-order chi connectivity index (χ0) is 15.8. The quantitative estimate of drug-likeness (QED) is 0.752. The Balaban J connectivity index is 1.77. The van der Waals surface area contributed by atoms with Gasteiger partial charge in [-0.2, -0.15) is 0 Å². The van der Waals surface area contributed by atoms with E-state index in [0.717, 1.165) is 22.9 Å². The molecule has 0 spiro atoms. The van der Waals surface area contributed by atoms with Crippen molar-refractivity contribution in [3.63, 3.8) is 0 Å². The number of amides is 1. The third-order valence-corrected chi connectivity index (χ3v) is 3.92. The molecule has 0 heterocycles. The maximum absolute atomic E-state index is 11.9. The van der Waals surface area contributed by atoms with E-state index in [0.29, 0.717) is 0 Å². The van der Waals surface area contributed by atoms with Crippen LogP contribution < -0.4 is 5.32 Å². The van der Waals surface area contributed by atoms with Crippen LogP contribution >= 0.6 is 15.9 Å². The maximum Gasteiger partial charge on any atom is 0.244 e. The molecule has 1 amide bonds. The molecule has 1 N–H and O–H groups in total. The number of hydrogen-bond donors (Lipinski definition) is 1. The monoisotopic (exact) mass is 357 g/mol. The van der Waals surface area contributed by atoms with Crippen LogP contribution in [0.25, 0.3) is 6.08 Å². The van der Waals surface area contributed by atoms with E-state index in [9.17, 15) is 4.79 Å². The van der Waals surface area contributed by atoms with Gasteiger partial charge in [-0.3, -0.25) is 4.79 Å². The van der Waals surface area contributed by atoms with Crippen LogP contribution in [0.3, 0.4) is 0 Å².